The highest BCUT2D eigenvalue weighted by Crippen LogP contribution is 1.91. The number of rotatable bonds is 7. The molecule has 0 radical (unpaired) electrons. The number of nitrogens with zero attached hydrogens (tertiary/aromatic N) is 2. The molecule has 1 heterocycles. The van der Waals surface area contributed by atoms with E-state index in [4.69, 9.17) is 0 Å². The SMILES string of the molecule is CNCCCS(=O)(=O)NCc1ncn[nH]1. The third-order valence-electron chi connectivity index (χ3n) is 1.76. The molecular weight excluding hydrogens is 218 g/mol. The summed E-state index contributed by atoms with van der Waals surface area (Å²) >= 11 is 0. The van der Waals surface area contributed by atoms with Gasteiger partial charge in [0.25, 0.3) is 0 Å². The fraction of sp³-hybridized carbons (Fsp3) is 0.714. The fourth-order valence-corrected chi connectivity index (χ4v) is 2.03. The van der Waals surface area contributed by atoms with Crippen LogP contribution in [0.15, 0.2) is 6.33 Å². The first-order valence-electron chi connectivity index (χ1n) is 4.60. The van der Waals surface area contributed by atoms with E-state index in [1.807, 2.05) is 0 Å². The molecule has 0 fully saturated rings. The van der Waals surface area contributed by atoms with Gasteiger partial charge in [-0.2, -0.15) is 5.10 Å². The monoisotopic (exact) mass is 233 g/mol. The molecule has 1 aromatic heterocycles. The van der Waals surface area contributed by atoms with Gasteiger partial charge in [0.05, 0.1) is 12.3 Å². The molecule has 0 bridgehead atoms. The van der Waals surface area contributed by atoms with Crippen LogP contribution in [-0.4, -0.2) is 42.9 Å². The first kappa shape index (κ1) is 12.1. The van der Waals surface area contributed by atoms with E-state index in [-0.39, 0.29) is 12.3 Å². The van der Waals surface area contributed by atoms with Crippen molar-refractivity contribution in [3.8, 4) is 0 Å². The van der Waals surface area contributed by atoms with Gasteiger partial charge in [0.15, 0.2) is 0 Å². The van der Waals surface area contributed by atoms with Crippen molar-refractivity contribution in [2.24, 2.45) is 0 Å². The number of hydrogen-bond acceptors (Lipinski definition) is 5. The molecule has 0 aliphatic rings. The topological polar surface area (TPSA) is 99.8 Å². The molecule has 8 heteroatoms. The van der Waals surface area contributed by atoms with Crippen molar-refractivity contribution in [1.82, 2.24) is 25.2 Å². The Labute approximate surface area is 88.7 Å². The Balaban J connectivity index is 2.30. The van der Waals surface area contributed by atoms with Gasteiger partial charge in [0.2, 0.25) is 10.0 Å². The van der Waals surface area contributed by atoms with E-state index in [2.05, 4.69) is 25.2 Å². The van der Waals surface area contributed by atoms with Crippen molar-refractivity contribution in [1.29, 1.82) is 0 Å². The number of aromatic nitrogens is 3. The molecule has 0 unspecified atom stereocenters. The van der Waals surface area contributed by atoms with Crippen LogP contribution in [0.4, 0.5) is 0 Å². The summed E-state index contributed by atoms with van der Waals surface area (Å²) in [5.74, 6) is 0.620. The average molecular weight is 233 g/mol. The highest BCUT2D eigenvalue weighted by atomic mass is 32.2. The minimum Gasteiger partial charge on any atom is -0.320 e. The summed E-state index contributed by atoms with van der Waals surface area (Å²) in [5, 5.41) is 9.08. The molecule has 3 N–H and O–H groups in total. The quantitative estimate of drug-likeness (QED) is 0.515. The minimum absolute atomic E-state index is 0.113. The second-order valence-electron chi connectivity index (χ2n) is 3.03. The van der Waals surface area contributed by atoms with Crippen LogP contribution in [0, 0.1) is 0 Å². The molecule has 1 aromatic rings. The van der Waals surface area contributed by atoms with Crippen molar-refractivity contribution >= 4 is 10.0 Å². The maximum Gasteiger partial charge on any atom is 0.212 e. The Bertz CT molecular complexity index is 361. The van der Waals surface area contributed by atoms with Gasteiger partial charge in [0, 0.05) is 0 Å². The molecule has 0 aromatic carbocycles. The largest absolute Gasteiger partial charge is 0.320 e. The number of aromatic amines is 1. The molecule has 15 heavy (non-hydrogen) atoms. The molecule has 7 nitrogen and oxygen atoms in total. The molecular formula is C7H15N5O2S. The van der Waals surface area contributed by atoms with E-state index in [1.54, 1.807) is 7.05 Å². The smallest absolute Gasteiger partial charge is 0.212 e. The number of hydrogen-bond donors (Lipinski definition) is 3. The predicted octanol–water partition coefficient (Wildman–Crippen LogP) is -1.17. The van der Waals surface area contributed by atoms with Gasteiger partial charge in [-0.3, -0.25) is 5.10 Å². The van der Waals surface area contributed by atoms with Gasteiger partial charge in [-0.25, -0.2) is 18.1 Å². The van der Waals surface area contributed by atoms with Crippen LogP contribution in [0.5, 0.6) is 0 Å². The van der Waals surface area contributed by atoms with E-state index in [1.165, 1.54) is 6.33 Å². The molecule has 0 amide bonds. The number of nitrogens with one attached hydrogen (secondary N) is 3. The van der Waals surface area contributed by atoms with E-state index in [9.17, 15) is 8.42 Å². The van der Waals surface area contributed by atoms with Crippen LogP contribution in [-0.2, 0) is 16.6 Å². The Hall–Kier alpha value is -0.990. The summed E-state index contributed by atoms with van der Waals surface area (Å²) in [7, 11) is -1.42. The third-order valence-corrected chi connectivity index (χ3v) is 3.17. The maximum absolute atomic E-state index is 11.4. The van der Waals surface area contributed by atoms with Crippen LogP contribution in [0.1, 0.15) is 12.2 Å². The summed E-state index contributed by atoms with van der Waals surface area (Å²) in [4.78, 5) is 3.81. The van der Waals surface area contributed by atoms with Crippen LogP contribution < -0.4 is 10.0 Å². The molecule has 0 spiro atoms. The molecule has 0 saturated carbocycles. The Morgan fingerprint density at radius 2 is 2.33 bits per heavy atom. The van der Waals surface area contributed by atoms with Crippen molar-refractivity contribution in [3.05, 3.63) is 12.2 Å². The second-order valence-corrected chi connectivity index (χ2v) is 4.96. The lowest BCUT2D eigenvalue weighted by molar-refractivity contribution is 0.575. The van der Waals surface area contributed by atoms with Crippen molar-refractivity contribution < 1.29 is 8.42 Å². The molecule has 0 atom stereocenters. The van der Waals surface area contributed by atoms with E-state index in [0.29, 0.717) is 18.8 Å². The van der Waals surface area contributed by atoms with Gasteiger partial charge >= 0.3 is 0 Å². The minimum atomic E-state index is -3.21. The average Bonchev–Trinajstić information content (AvgIpc) is 2.68. The van der Waals surface area contributed by atoms with Gasteiger partial charge in [-0.05, 0) is 20.0 Å². The summed E-state index contributed by atoms with van der Waals surface area (Å²) < 4.78 is 25.2. The van der Waals surface area contributed by atoms with Crippen LogP contribution in [0.2, 0.25) is 0 Å². The lowest BCUT2D eigenvalue weighted by Gasteiger charge is -2.04. The lowest BCUT2D eigenvalue weighted by atomic mass is 10.5. The summed E-state index contributed by atoms with van der Waals surface area (Å²) in [5.41, 5.74) is 0. The molecule has 86 valence electrons. The van der Waals surface area contributed by atoms with Crippen LogP contribution in [0.25, 0.3) is 0 Å². The summed E-state index contributed by atoms with van der Waals surface area (Å²) in [6.45, 7) is 0.838. The highest BCUT2D eigenvalue weighted by molar-refractivity contribution is 7.89. The van der Waals surface area contributed by atoms with E-state index >= 15 is 0 Å². The van der Waals surface area contributed by atoms with Gasteiger partial charge < -0.3 is 5.32 Å². The standard InChI is InChI=1S/C7H15N5O2S/c1-8-3-2-4-15(13,14)11-5-7-9-6-10-12-7/h6,8,11H,2-5H2,1H3,(H,9,10,12). The molecule has 0 aliphatic heterocycles. The summed E-state index contributed by atoms with van der Waals surface area (Å²) in [6, 6.07) is 0. The normalized spacial score (nSPS) is 11.8. The van der Waals surface area contributed by atoms with Crippen molar-refractivity contribution in [2.75, 3.05) is 19.3 Å². The number of sulfonamides is 1. The second kappa shape index (κ2) is 5.79. The van der Waals surface area contributed by atoms with Gasteiger partial charge in [0.1, 0.15) is 12.2 Å². The molecule has 0 aliphatic carbocycles. The Kier molecular flexibility index (Phi) is 4.66. The third kappa shape index (κ3) is 4.86. The maximum atomic E-state index is 11.4. The van der Waals surface area contributed by atoms with E-state index in [0.717, 1.165) is 0 Å². The zero-order chi connectivity index (χ0) is 11.1. The van der Waals surface area contributed by atoms with E-state index < -0.39 is 10.0 Å². The Morgan fingerprint density at radius 1 is 1.53 bits per heavy atom. The van der Waals surface area contributed by atoms with Gasteiger partial charge in [-0.1, -0.05) is 0 Å². The summed E-state index contributed by atoms with van der Waals surface area (Å²) in [6.07, 6.45) is 1.92. The van der Waals surface area contributed by atoms with Crippen LogP contribution in [0.3, 0.4) is 0 Å². The van der Waals surface area contributed by atoms with Gasteiger partial charge in [-0.15, -0.1) is 0 Å². The molecule has 0 saturated heterocycles. The zero-order valence-electron chi connectivity index (χ0n) is 8.52. The Morgan fingerprint density at radius 3 is 2.93 bits per heavy atom. The predicted molar refractivity (Wildman–Crippen MR) is 55.6 cm³/mol. The lowest BCUT2D eigenvalue weighted by Crippen LogP contribution is -2.27. The van der Waals surface area contributed by atoms with Crippen molar-refractivity contribution in [3.63, 3.8) is 0 Å². The van der Waals surface area contributed by atoms with Crippen molar-refractivity contribution in [2.45, 2.75) is 13.0 Å². The fourth-order valence-electron chi connectivity index (χ4n) is 1.01. The molecule has 1 rings (SSSR count). The first-order valence-corrected chi connectivity index (χ1v) is 6.25. The highest BCUT2D eigenvalue weighted by Gasteiger charge is 2.09. The zero-order valence-corrected chi connectivity index (χ0v) is 9.34. The first-order chi connectivity index (χ1) is 7.14. The number of H-pyrrole nitrogens is 1. The van der Waals surface area contributed by atoms with Crippen LogP contribution >= 0.6 is 0 Å².